The zero-order chi connectivity index (χ0) is 15.7. The maximum Gasteiger partial charge on any atom is 0.243 e. The molecule has 1 N–H and O–H groups in total. The van der Waals surface area contributed by atoms with Gasteiger partial charge in [-0.1, -0.05) is 26.8 Å². The Morgan fingerprint density at radius 2 is 1.90 bits per heavy atom. The van der Waals surface area contributed by atoms with Crippen molar-refractivity contribution in [3.63, 3.8) is 0 Å². The van der Waals surface area contributed by atoms with Crippen molar-refractivity contribution < 1.29 is 17.9 Å². The third-order valence-electron chi connectivity index (χ3n) is 3.66. The van der Waals surface area contributed by atoms with E-state index in [1.165, 1.54) is 17.4 Å². The summed E-state index contributed by atoms with van der Waals surface area (Å²) in [7, 11) is -2.38. The lowest BCUT2D eigenvalue weighted by Crippen LogP contribution is -2.43. The van der Waals surface area contributed by atoms with Gasteiger partial charge in [-0.25, -0.2) is 12.8 Å². The molecule has 0 radical (unpaired) electrons. The van der Waals surface area contributed by atoms with Gasteiger partial charge in [0.05, 0.1) is 11.5 Å². The van der Waals surface area contributed by atoms with Crippen molar-refractivity contribution in [2.45, 2.75) is 45.2 Å². The number of aliphatic hydroxyl groups excluding tert-OH is 1. The highest BCUT2D eigenvalue weighted by Crippen LogP contribution is 2.29. The number of rotatable bonds is 4. The van der Waals surface area contributed by atoms with E-state index in [4.69, 9.17) is 0 Å². The van der Waals surface area contributed by atoms with Crippen LogP contribution in [0.15, 0.2) is 23.1 Å². The van der Waals surface area contributed by atoms with Crippen LogP contribution in [0.2, 0.25) is 0 Å². The van der Waals surface area contributed by atoms with Gasteiger partial charge in [-0.15, -0.1) is 0 Å². The minimum absolute atomic E-state index is 0.182. The molecule has 20 heavy (non-hydrogen) atoms. The van der Waals surface area contributed by atoms with Gasteiger partial charge < -0.3 is 5.11 Å². The lowest BCUT2D eigenvalue weighted by molar-refractivity contribution is 0.216. The number of hydrogen-bond acceptors (Lipinski definition) is 3. The first kappa shape index (κ1) is 17.1. The summed E-state index contributed by atoms with van der Waals surface area (Å²) >= 11 is 0. The Hall–Kier alpha value is -0.980. The highest BCUT2D eigenvalue weighted by molar-refractivity contribution is 7.89. The van der Waals surface area contributed by atoms with Crippen molar-refractivity contribution in [2.24, 2.45) is 5.41 Å². The zero-order valence-corrected chi connectivity index (χ0v) is 13.3. The molecule has 0 bridgehead atoms. The van der Waals surface area contributed by atoms with Gasteiger partial charge in [0, 0.05) is 13.1 Å². The molecule has 0 aliphatic rings. The molecule has 0 aliphatic heterocycles. The number of nitrogens with zero attached hydrogens (tertiary/aromatic N) is 1. The van der Waals surface area contributed by atoms with Crippen LogP contribution in [0.5, 0.6) is 0 Å². The van der Waals surface area contributed by atoms with E-state index in [-0.39, 0.29) is 21.9 Å². The second-order valence-corrected chi connectivity index (χ2v) is 7.94. The van der Waals surface area contributed by atoms with E-state index in [0.717, 1.165) is 12.1 Å². The van der Waals surface area contributed by atoms with Crippen molar-refractivity contribution in [3.05, 3.63) is 29.6 Å². The van der Waals surface area contributed by atoms with E-state index in [2.05, 4.69) is 0 Å². The van der Waals surface area contributed by atoms with Crippen molar-refractivity contribution in [1.29, 1.82) is 0 Å². The van der Waals surface area contributed by atoms with Gasteiger partial charge in [0.2, 0.25) is 10.0 Å². The molecular formula is C14H22FNO3S. The van der Waals surface area contributed by atoms with Crippen molar-refractivity contribution in [3.8, 4) is 0 Å². The highest BCUT2D eigenvalue weighted by atomic mass is 32.2. The van der Waals surface area contributed by atoms with Gasteiger partial charge in [0.15, 0.2) is 0 Å². The molecule has 1 aromatic carbocycles. The van der Waals surface area contributed by atoms with Crippen molar-refractivity contribution in [1.82, 2.24) is 4.31 Å². The molecule has 0 amide bonds. The summed E-state index contributed by atoms with van der Waals surface area (Å²) in [6.07, 6.45) is 0. The third kappa shape index (κ3) is 3.37. The van der Waals surface area contributed by atoms with Crippen LogP contribution in [0.4, 0.5) is 4.39 Å². The third-order valence-corrected chi connectivity index (χ3v) is 5.67. The summed E-state index contributed by atoms with van der Waals surface area (Å²) in [5.74, 6) is -0.641. The van der Waals surface area contributed by atoms with Crippen LogP contribution < -0.4 is 0 Å². The van der Waals surface area contributed by atoms with Crippen LogP contribution in [0, 0.1) is 11.2 Å². The van der Waals surface area contributed by atoms with Crippen LogP contribution >= 0.6 is 0 Å². The van der Waals surface area contributed by atoms with Gasteiger partial charge in [-0.3, -0.25) is 0 Å². The molecule has 4 nitrogen and oxygen atoms in total. The summed E-state index contributed by atoms with van der Waals surface area (Å²) in [5, 5.41) is 9.25. The molecular weight excluding hydrogens is 281 g/mol. The van der Waals surface area contributed by atoms with Gasteiger partial charge in [-0.2, -0.15) is 4.31 Å². The molecule has 0 fully saturated rings. The Bertz CT molecular complexity index is 579. The summed E-state index contributed by atoms with van der Waals surface area (Å²) in [6, 6.07) is 3.10. The molecule has 0 aliphatic carbocycles. The van der Waals surface area contributed by atoms with E-state index in [1.807, 2.05) is 20.8 Å². The quantitative estimate of drug-likeness (QED) is 0.929. The first-order valence-corrected chi connectivity index (χ1v) is 7.83. The first-order valence-electron chi connectivity index (χ1n) is 6.39. The molecule has 1 aromatic rings. The van der Waals surface area contributed by atoms with Gasteiger partial charge in [0.1, 0.15) is 5.82 Å². The van der Waals surface area contributed by atoms with Crippen LogP contribution in [0.25, 0.3) is 0 Å². The Morgan fingerprint density at radius 1 is 1.35 bits per heavy atom. The van der Waals surface area contributed by atoms with E-state index in [0.29, 0.717) is 0 Å². The van der Waals surface area contributed by atoms with E-state index in [1.54, 1.807) is 6.92 Å². The SMILES string of the molecule is CC(N(C)S(=O)(=O)c1cc(F)ccc1CO)C(C)(C)C. The van der Waals surface area contributed by atoms with Gasteiger partial charge in [0.25, 0.3) is 0 Å². The summed E-state index contributed by atoms with van der Waals surface area (Å²) in [5.41, 5.74) is -0.0616. The minimum atomic E-state index is -3.85. The molecule has 6 heteroatoms. The molecule has 1 rings (SSSR count). The second-order valence-electron chi connectivity index (χ2n) is 5.97. The average Bonchev–Trinajstić information content (AvgIpc) is 2.35. The van der Waals surface area contributed by atoms with Crippen molar-refractivity contribution in [2.75, 3.05) is 7.05 Å². The Labute approximate surface area is 120 Å². The van der Waals surface area contributed by atoms with Crippen LogP contribution in [-0.4, -0.2) is 30.9 Å². The highest BCUT2D eigenvalue weighted by Gasteiger charge is 2.33. The number of benzene rings is 1. The summed E-state index contributed by atoms with van der Waals surface area (Å²) in [6.45, 7) is 7.15. The smallest absolute Gasteiger partial charge is 0.243 e. The fraction of sp³-hybridized carbons (Fsp3) is 0.571. The fourth-order valence-electron chi connectivity index (χ4n) is 1.81. The lowest BCUT2D eigenvalue weighted by atomic mass is 9.88. The predicted octanol–water partition coefficient (Wildman–Crippen LogP) is 2.37. The normalized spacial score (nSPS) is 14.6. The Balaban J connectivity index is 3.34. The number of aliphatic hydroxyl groups is 1. The fourth-order valence-corrected chi connectivity index (χ4v) is 3.58. The minimum Gasteiger partial charge on any atom is -0.392 e. The molecule has 1 atom stereocenters. The maximum absolute atomic E-state index is 13.3. The van der Waals surface area contributed by atoms with Gasteiger partial charge >= 0.3 is 0 Å². The summed E-state index contributed by atoms with van der Waals surface area (Å²) < 4.78 is 39.8. The van der Waals surface area contributed by atoms with Crippen molar-refractivity contribution >= 4 is 10.0 Å². The molecule has 0 spiro atoms. The largest absolute Gasteiger partial charge is 0.392 e. The topological polar surface area (TPSA) is 57.6 Å². The molecule has 0 saturated heterocycles. The molecule has 0 saturated carbocycles. The van der Waals surface area contributed by atoms with Crippen LogP contribution in [0.1, 0.15) is 33.3 Å². The van der Waals surface area contributed by atoms with Crippen LogP contribution in [0.3, 0.4) is 0 Å². The molecule has 1 unspecified atom stereocenters. The number of halogens is 1. The number of hydrogen-bond donors (Lipinski definition) is 1. The van der Waals surface area contributed by atoms with E-state index in [9.17, 15) is 17.9 Å². The Morgan fingerprint density at radius 3 is 2.35 bits per heavy atom. The maximum atomic E-state index is 13.3. The van der Waals surface area contributed by atoms with Crippen LogP contribution in [-0.2, 0) is 16.6 Å². The average molecular weight is 303 g/mol. The zero-order valence-electron chi connectivity index (χ0n) is 12.5. The molecule has 114 valence electrons. The predicted molar refractivity (Wildman–Crippen MR) is 76.2 cm³/mol. The second kappa shape index (κ2) is 5.79. The molecule has 0 heterocycles. The monoisotopic (exact) mass is 303 g/mol. The Kier molecular flexibility index (Phi) is 4.94. The standard InChI is InChI=1S/C14H22FNO3S/c1-10(14(2,3)4)16(5)20(18,19)13-8-12(15)7-6-11(13)9-17/h6-8,10,17H,9H2,1-5H3. The molecule has 0 aromatic heterocycles. The van der Waals surface area contributed by atoms with E-state index >= 15 is 0 Å². The summed E-state index contributed by atoms with van der Waals surface area (Å²) in [4.78, 5) is -0.182. The lowest BCUT2D eigenvalue weighted by Gasteiger charge is -2.34. The number of sulfonamides is 1. The first-order chi connectivity index (χ1) is 9.01. The van der Waals surface area contributed by atoms with E-state index < -0.39 is 22.4 Å². The van der Waals surface area contributed by atoms with Gasteiger partial charge in [-0.05, 0) is 30.0 Å².